The highest BCUT2D eigenvalue weighted by atomic mass is 16.2. The zero-order valence-corrected chi connectivity index (χ0v) is 16.5. The zero-order chi connectivity index (χ0) is 19.9. The fourth-order valence-electron chi connectivity index (χ4n) is 3.31. The van der Waals surface area contributed by atoms with Gasteiger partial charge in [0, 0.05) is 37.9 Å². The molecule has 0 atom stereocenters. The number of carbonyl (C=O) groups is 2. The second-order valence-electron chi connectivity index (χ2n) is 7.33. The Kier molecular flexibility index (Phi) is 6.66. The molecular formula is C22H28N4O2. The molecule has 0 spiro atoms. The van der Waals surface area contributed by atoms with Gasteiger partial charge in [0.25, 0.3) is 5.91 Å². The van der Waals surface area contributed by atoms with E-state index in [9.17, 15) is 9.59 Å². The third-order valence-electron chi connectivity index (χ3n) is 4.69. The molecule has 0 aromatic heterocycles. The van der Waals surface area contributed by atoms with E-state index >= 15 is 0 Å². The Labute approximate surface area is 166 Å². The maximum Gasteiger partial charge on any atom is 0.256 e. The minimum Gasteiger partial charge on any atom is -0.355 e. The molecule has 2 N–H and O–H groups in total. The van der Waals surface area contributed by atoms with Crippen LogP contribution in [0.25, 0.3) is 0 Å². The van der Waals surface area contributed by atoms with Gasteiger partial charge in [0.1, 0.15) is 0 Å². The molecule has 6 nitrogen and oxygen atoms in total. The van der Waals surface area contributed by atoms with Gasteiger partial charge < -0.3 is 15.5 Å². The van der Waals surface area contributed by atoms with Gasteiger partial charge in [-0.05, 0) is 38.1 Å². The van der Waals surface area contributed by atoms with Crippen molar-refractivity contribution in [2.45, 2.75) is 19.9 Å². The Morgan fingerprint density at radius 3 is 2.25 bits per heavy atom. The van der Waals surface area contributed by atoms with Crippen molar-refractivity contribution in [3.05, 3.63) is 60.2 Å². The first kappa shape index (κ1) is 19.9. The van der Waals surface area contributed by atoms with Crippen LogP contribution in [-0.4, -0.2) is 60.4 Å². The van der Waals surface area contributed by atoms with Crippen molar-refractivity contribution < 1.29 is 9.59 Å². The van der Waals surface area contributed by atoms with Gasteiger partial charge in [0.05, 0.1) is 17.8 Å². The number of carbonyl (C=O) groups excluding carboxylic acids is 2. The fraction of sp³-hybridized carbons (Fsp3) is 0.364. The van der Waals surface area contributed by atoms with Crippen LogP contribution in [-0.2, 0) is 4.79 Å². The lowest BCUT2D eigenvalue weighted by atomic mass is 10.1. The largest absolute Gasteiger partial charge is 0.355 e. The highest BCUT2D eigenvalue weighted by Gasteiger charge is 2.24. The molecule has 1 aliphatic heterocycles. The second-order valence-corrected chi connectivity index (χ2v) is 7.33. The summed E-state index contributed by atoms with van der Waals surface area (Å²) in [4.78, 5) is 29.0. The molecule has 2 amide bonds. The van der Waals surface area contributed by atoms with Crippen LogP contribution in [0.5, 0.6) is 0 Å². The SMILES string of the molecule is CC(C)NC(=O)CN1CCN(C(=O)c2ccccc2Nc2ccccc2)CC1. The summed E-state index contributed by atoms with van der Waals surface area (Å²) in [5.74, 6) is 0.0532. The number of amides is 2. The third kappa shape index (κ3) is 5.33. The summed E-state index contributed by atoms with van der Waals surface area (Å²) in [6, 6.07) is 17.6. The van der Waals surface area contributed by atoms with Gasteiger partial charge >= 0.3 is 0 Å². The van der Waals surface area contributed by atoms with Gasteiger partial charge in [-0.1, -0.05) is 30.3 Å². The Hall–Kier alpha value is -2.86. The van der Waals surface area contributed by atoms with Crippen LogP contribution in [0.15, 0.2) is 54.6 Å². The van der Waals surface area contributed by atoms with Crippen LogP contribution in [0.1, 0.15) is 24.2 Å². The van der Waals surface area contributed by atoms with E-state index in [4.69, 9.17) is 0 Å². The van der Waals surface area contributed by atoms with Crippen molar-refractivity contribution in [2.24, 2.45) is 0 Å². The number of hydrogen-bond acceptors (Lipinski definition) is 4. The predicted octanol–water partition coefficient (Wildman–Crippen LogP) is 2.71. The summed E-state index contributed by atoms with van der Waals surface area (Å²) in [7, 11) is 0. The van der Waals surface area contributed by atoms with E-state index < -0.39 is 0 Å². The van der Waals surface area contributed by atoms with Gasteiger partial charge in [-0.3, -0.25) is 14.5 Å². The first-order valence-electron chi connectivity index (χ1n) is 9.75. The van der Waals surface area contributed by atoms with E-state index in [0.29, 0.717) is 38.3 Å². The molecule has 0 saturated carbocycles. The molecule has 6 heteroatoms. The number of para-hydroxylation sites is 2. The van der Waals surface area contributed by atoms with Crippen LogP contribution in [0.2, 0.25) is 0 Å². The summed E-state index contributed by atoms with van der Waals surface area (Å²) in [6.45, 7) is 6.93. The van der Waals surface area contributed by atoms with E-state index in [1.54, 1.807) is 0 Å². The van der Waals surface area contributed by atoms with Gasteiger partial charge in [-0.2, -0.15) is 0 Å². The molecule has 1 fully saturated rings. The number of anilines is 2. The Morgan fingerprint density at radius 2 is 1.57 bits per heavy atom. The monoisotopic (exact) mass is 380 g/mol. The van der Waals surface area contributed by atoms with Crippen LogP contribution in [0.3, 0.4) is 0 Å². The molecule has 0 unspecified atom stereocenters. The lowest BCUT2D eigenvalue weighted by Crippen LogP contribution is -2.51. The Morgan fingerprint density at radius 1 is 0.929 bits per heavy atom. The molecule has 148 valence electrons. The van der Waals surface area contributed by atoms with Crippen molar-refractivity contribution in [3.63, 3.8) is 0 Å². The zero-order valence-electron chi connectivity index (χ0n) is 16.5. The van der Waals surface area contributed by atoms with Crippen molar-refractivity contribution in [1.29, 1.82) is 0 Å². The molecule has 28 heavy (non-hydrogen) atoms. The maximum absolute atomic E-state index is 13.1. The summed E-state index contributed by atoms with van der Waals surface area (Å²) in [5, 5.41) is 6.25. The number of piperazine rings is 1. The van der Waals surface area contributed by atoms with Gasteiger partial charge in [-0.15, -0.1) is 0 Å². The van der Waals surface area contributed by atoms with Crippen molar-refractivity contribution in [3.8, 4) is 0 Å². The van der Waals surface area contributed by atoms with E-state index in [1.165, 1.54) is 0 Å². The van der Waals surface area contributed by atoms with E-state index in [-0.39, 0.29) is 17.9 Å². The molecular weight excluding hydrogens is 352 g/mol. The van der Waals surface area contributed by atoms with E-state index in [0.717, 1.165) is 11.4 Å². The molecule has 2 aromatic rings. The van der Waals surface area contributed by atoms with Crippen molar-refractivity contribution in [1.82, 2.24) is 15.1 Å². The average Bonchev–Trinajstić information content (AvgIpc) is 2.69. The second kappa shape index (κ2) is 9.37. The standard InChI is InChI=1S/C22H28N4O2/c1-17(2)23-21(27)16-25-12-14-26(15-13-25)22(28)19-10-6-7-11-20(19)24-18-8-4-3-5-9-18/h3-11,17,24H,12-16H2,1-2H3,(H,23,27). The molecule has 0 aliphatic carbocycles. The number of nitrogens with one attached hydrogen (secondary N) is 2. The molecule has 0 radical (unpaired) electrons. The maximum atomic E-state index is 13.1. The highest BCUT2D eigenvalue weighted by molar-refractivity contribution is 6.00. The normalized spacial score (nSPS) is 14.8. The van der Waals surface area contributed by atoms with Crippen LogP contribution in [0, 0.1) is 0 Å². The molecule has 3 rings (SSSR count). The van der Waals surface area contributed by atoms with Crippen molar-refractivity contribution in [2.75, 3.05) is 38.0 Å². The molecule has 1 aliphatic rings. The van der Waals surface area contributed by atoms with Crippen LogP contribution < -0.4 is 10.6 Å². The highest BCUT2D eigenvalue weighted by Crippen LogP contribution is 2.22. The summed E-state index contributed by atoms with van der Waals surface area (Å²) in [5.41, 5.74) is 2.42. The minimum atomic E-state index is 0.0188. The summed E-state index contributed by atoms with van der Waals surface area (Å²) < 4.78 is 0. The molecule has 1 heterocycles. The van der Waals surface area contributed by atoms with Gasteiger partial charge in [0.2, 0.25) is 5.91 Å². The fourth-order valence-corrected chi connectivity index (χ4v) is 3.31. The first-order valence-corrected chi connectivity index (χ1v) is 9.75. The number of hydrogen-bond donors (Lipinski definition) is 2. The van der Waals surface area contributed by atoms with E-state index in [2.05, 4.69) is 15.5 Å². The first-order chi connectivity index (χ1) is 13.5. The van der Waals surface area contributed by atoms with Gasteiger partial charge in [-0.25, -0.2) is 0 Å². The smallest absolute Gasteiger partial charge is 0.256 e. The molecule has 0 bridgehead atoms. The van der Waals surface area contributed by atoms with E-state index in [1.807, 2.05) is 73.3 Å². The number of nitrogens with zero attached hydrogens (tertiary/aromatic N) is 2. The third-order valence-corrected chi connectivity index (χ3v) is 4.69. The number of benzene rings is 2. The minimum absolute atomic E-state index is 0.0188. The van der Waals surface area contributed by atoms with Crippen molar-refractivity contribution >= 4 is 23.2 Å². The number of rotatable bonds is 6. The molecule has 2 aromatic carbocycles. The summed E-state index contributed by atoms with van der Waals surface area (Å²) in [6.07, 6.45) is 0. The lowest BCUT2D eigenvalue weighted by Gasteiger charge is -2.34. The Bertz CT molecular complexity index is 799. The average molecular weight is 380 g/mol. The van der Waals surface area contributed by atoms with Gasteiger partial charge in [0.15, 0.2) is 0 Å². The quantitative estimate of drug-likeness (QED) is 0.809. The predicted molar refractivity (Wildman–Crippen MR) is 112 cm³/mol. The Balaban J connectivity index is 1.60. The topological polar surface area (TPSA) is 64.7 Å². The summed E-state index contributed by atoms with van der Waals surface area (Å²) >= 11 is 0. The van der Waals surface area contributed by atoms with Crippen LogP contribution in [0.4, 0.5) is 11.4 Å². The molecule has 1 saturated heterocycles. The van der Waals surface area contributed by atoms with Crippen LogP contribution >= 0.6 is 0 Å². The lowest BCUT2D eigenvalue weighted by molar-refractivity contribution is -0.123.